The number of sulfonamides is 1. The third kappa shape index (κ3) is 2.66. The van der Waals surface area contributed by atoms with Crippen LogP contribution in [-0.4, -0.2) is 41.9 Å². The number of anilines is 1. The van der Waals surface area contributed by atoms with Gasteiger partial charge >= 0.3 is 5.97 Å². The fourth-order valence-electron chi connectivity index (χ4n) is 1.82. The number of pyridine rings is 1. The van der Waals surface area contributed by atoms with Gasteiger partial charge in [0, 0.05) is 6.54 Å². The molecule has 0 saturated carbocycles. The zero-order valence-electron chi connectivity index (χ0n) is 9.71. The third-order valence-corrected chi connectivity index (χ3v) is 5.19. The third-order valence-electron chi connectivity index (χ3n) is 2.74. The normalized spacial score (nSPS) is 18.3. The summed E-state index contributed by atoms with van der Waals surface area (Å²) >= 11 is 2.99. The van der Waals surface area contributed by atoms with Crippen LogP contribution in [0.2, 0.25) is 0 Å². The molecule has 0 bridgehead atoms. The minimum Gasteiger partial charge on any atom is -0.504 e. The molecule has 1 saturated heterocycles. The van der Waals surface area contributed by atoms with Crippen LogP contribution in [0.25, 0.3) is 0 Å². The molecule has 19 heavy (non-hydrogen) atoms. The van der Waals surface area contributed by atoms with Crippen molar-refractivity contribution in [2.75, 3.05) is 16.6 Å². The second kappa shape index (κ2) is 4.97. The number of carbonyl (C=O) groups is 1. The van der Waals surface area contributed by atoms with Crippen LogP contribution in [0.1, 0.15) is 23.3 Å². The van der Waals surface area contributed by atoms with Crippen LogP contribution in [0.4, 0.5) is 5.82 Å². The zero-order chi connectivity index (χ0) is 14.2. The first-order chi connectivity index (χ1) is 8.83. The summed E-state index contributed by atoms with van der Waals surface area (Å²) in [6.07, 6.45) is 1.26. The molecule has 0 amide bonds. The number of aromatic carboxylic acids is 1. The molecule has 0 radical (unpaired) electrons. The Balaban J connectivity index is 2.54. The quantitative estimate of drug-likeness (QED) is 0.828. The Labute approximate surface area is 118 Å². The molecule has 104 valence electrons. The molecule has 2 N–H and O–H groups in total. The number of nitrogens with zero attached hydrogens (tertiary/aromatic N) is 2. The largest absolute Gasteiger partial charge is 0.504 e. The lowest BCUT2D eigenvalue weighted by Gasteiger charge is -2.27. The number of hydrogen-bond donors (Lipinski definition) is 2. The Morgan fingerprint density at radius 3 is 2.68 bits per heavy atom. The van der Waals surface area contributed by atoms with Crippen molar-refractivity contribution in [3.8, 4) is 5.75 Å². The predicted octanol–water partition coefficient (Wildman–Crippen LogP) is 1.18. The van der Waals surface area contributed by atoms with E-state index in [1.165, 1.54) is 6.07 Å². The molecule has 2 rings (SSSR count). The van der Waals surface area contributed by atoms with Crippen LogP contribution in [0, 0.1) is 0 Å². The van der Waals surface area contributed by atoms with E-state index in [0.29, 0.717) is 12.8 Å². The van der Waals surface area contributed by atoms with Gasteiger partial charge < -0.3 is 10.2 Å². The van der Waals surface area contributed by atoms with E-state index in [-0.39, 0.29) is 22.6 Å². The molecular weight excluding hydrogens is 340 g/mol. The van der Waals surface area contributed by atoms with Crippen molar-refractivity contribution in [2.24, 2.45) is 0 Å². The molecule has 0 atom stereocenters. The Kier molecular flexibility index (Phi) is 3.68. The topological polar surface area (TPSA) is 108 Å². The van der Waals surface area contributed by atoms with Crippen LogP contribution < -0.4 is 4.31 Å². The summed E-state index contributed by atoms with van der Waals surface area (Å²) in [5.41, 5.74) is -0.579. The molecule has 1 fully saturated rings. The summed E-state index contributed by atoms with van der Waals surface area (Å²) < 4.78 is 25.0. The monoisotopic (exact) mass is 350 g/mol. The first kappa shape index (κ1) is 14.1. The number of aromatic hydroxyl groups is 1. The van der Waals surface area contributed by atoms with Gasteiger partial charge in [-0.05, 0) is 34.8 Å². The summed E-state index contributed by atoms with van der Waals surface area (Å²) in [7, 11) is -3.47. The Morgan fingerprint density at radius 2 is 2.11 bits per heavy atom. The highest BCUT2D eigenvalue weighted by atomic mass is 79.9. The minimum absolute atomic E-state index is 0.00164. The van der Waals surface area contributed by atoms with Gasteiger partial charge in [0.2, 0.25) is 10.0 Å². The van der Waals surface area contributed by atoms with Gasteiger partial charge in [0.05, 0.1) is 10.2 Å². The van der Waals surface area contributed by atoms with E-state index in [2.05, 4.69) is 20.9 Å². The van der Waals surface area contributed by atoms with Crippen molar-refractivity contribution >= 4 is 37.7 Å². The van der Waals surface area contributed by atoms with Crippen molar-refractivity contribution in [2.45, 2.75) is 12.8 Å². The molecule has 9 heteroatoms. The molecule has 0 aromatic carbocycles. The minimum atomic E-state index is -3.47. The fourth-order valence-corrected chi connectivity index (χ4v) is 3.79. The van der Waals surface area contributed by atoms with Gasteiger partial charge in [0.25, 0.3) is 0 Å². The van der Waals surface area contributed by atoms with Crippen molar-refractivity contribution < 1.29 is 23.4 Å². The number of carboxylic acids is 1. The average Bonchev–Trinajstić information content (AvgIpc) is 2.31. The molecule has 0 unspecified atom stereocenters. The maximum Gasteiger partial charge on any atom is 0.358 e. The molecule has 2 heterocycles. The van der Waals surface area contributed by atoms with Crippen LogP contribution >= 0.6 is 15.9 Å². The molecule has 1 aromatic rings. The lowest BCUT2D eigenvalue weighted by Crippen LogP contribution is -2.38. The first-order valence-corrected chi connectivity index (χ1v) is 7.86. The molecule has 1 aliphatic heterocycles. The highest BCUT2D eigenvalue weighted by molar-refractivity contribution is 9.10. The molecule has 1 aromatic heterocycles. The maximum absolute atomic E-state index is 11.9. The molecular formula is C10H11BrN2O5S. The SMILES string of the molecule is O=C(O)c1nc(N2CCCCS2(=O)=O)cc(Br)c1O. The van der Waals surface area contributed by atoms with Gasteiger partial charge in [-0.25, -0.2) is 18.2 Å². The predicted molar refractivity (Wildman–Crippen MR) is 70.9 cm³/mol. The molecule has 0 spiro atoms. The highest BCUT2D eigenvalue weighted by Crippen LogP contribution is 2.32. The molecule has 0 aliphatic carbocycles. The van der Waals surface area contributed by atoms with E-state index in [1.807, 2.05) is 0 Å². The summed E-state index contributed by atoms with van der Waals surface area (Å²) in [5, 5.41) is 18.5. The maximum atomic E-state index is 11.9. The standard InChI is InChI=1S/C10H11BrN2O5S/c11-6-5-7(12-8(9(6)14)10(15)16)13-3-1-2-4-19(13,17)18/h5,14H,1-4H2,(H,15,16). The van der Waals surface area contributed by atoms with E-state index in [0.717, 1.165) is 4.31 Å². The number of aromatic nitrogens is 1. The smallest absolute Gasteiger partial charge is 0.358 e. The summed E-state index contributed by atoms with van der Waals surface area (Å²) in [6.45, 7) is 0.256. The van der Waals surface area contributed by atoms with E-state index in [9.17, 15) is 18.3 Å². The van der Waals surface area contributed by atoms with Crippen LogP contribution in [-0.2, 0) is 10.0 Å². The number of halogens is 1. The van der Waals surface area contributed by atoms with E-state index in [4.69, 9.17) is 5.11 Å². The van der Waals surface area contributed by atoms with Crippen LogP contribution in [0.5, 0.6) is 5.75 Å². The van der Waals surface area contributed by atoms with Crippen molar-refractivity contribution in [1.29, 1.82) is 0 Å². The summed E-state index contributed by atoms with van der Waals surface area (Å²) in [5.74, 6) is -1.93. The van der Waals surface area contributed by atoms with Gasteiger partial charge in [-0.15, -0.1) is 0 Å². The Hall–Kier alpha value is -1.35. The van der Waals surface area contributed by atoms with Gasteiger partial charge in [-0.1, -0.05) is 0 Å². The molecule has 1 aliphatic rings. The zero-order valence-corrected chi connectivity index (χ0v) is 12.1. The summed E-state index contributed by atoms with van der Waals surface area (Å²) in [4.78, 5) is 14.7. The van der Waals surface area contributed by atoms with E-state index < -0.39 is 27.4 Å². The number of hydrogen-bond acceptors (Lipinski definition) is 5. The Morgan fingerprint density at radius 1 is 1.42 bits per heavy atom. The van der Waals surface area contributed by atoms with Gasteiger partial charge in [-0.2, -0.15) is 0 Å². The lowest BCUT2D eigenvalue weighted by atomic mass is 10.3. The van der Waals surface area contributed by atoms with Crippen LogP contribution in [0.3, 0.4) is 0 Å². The van der Waals surface area contributed by atoms with Gasteiger partial charge in [-0.3, -0.25) is 4.31 Å². The highest BCUT2D eigenvalue weighted by Gasteiger charge is 2.29. The van der Waals surface area contributed by atoms with Crippen molar-refractivity contribution in [3.05, 3.63) is 16.2 Å². The number of rotatable bonds is 2. The first-order valence-electron chi connectivity index (χ1n) is 5.46. The van der Waals surface area contributed by atoms with Crippen molar-refractivity contribution in [1.82, 2.24) is 4.98 Å². The van der Waals surface area contributed by atoms with Gasteiger partial charge in [0.15, 0.2) is 11.4 Å². The summed E-state index contributed by atoms with van der Waals surface area (Å²) in [6, 6.07) is 1.30. The van der Waals surface area contributed by atoms with E-state index >= 15 is 0 Å². The van der Waals surface area contributed by atoms with Crippen molar-refractivity contribution in [3.63, 3.8) is 0 Å². The fraction of sp³-hybridized carbons (Fsp3) is 0.400. The van der Waals surface area contributed by atoms with E-state index in [1.54, 1.807) is 0 Å². The average molecular weight is 351 g/mol. The second-order valence-corrected chi connectivity index (χ2v) is 6.93. The van der Waals surface area contributed by atoms with Crippen LogP contribution in [0.15, 0.2) is 10.5 Å². The molecule has 7 nitrogen and oxygen atoms in total. The lowest BCUT2D eigenvalue weighted by molar-refractivity contribution is 0.0687. The second-order valence-electron chi connectivity index (χ2n) is 4.06. The van der Waals surface area contributed by atoms with Gasteiger partial charge in [0.1, 0.15) is 5.82 Å². The number of carboxylic acid groups (broad SMARTS) is 1. The Bertz CT molecular complexity index is 631.